The first-order valence-corrected chi connectivity index (χ1v) is 6.59. The fourth-order valence-electron chi connectivity index (χ4n) is 1.80. The summed E-state index contributed by atoms with van der Waals surface area (Å²) in [6, 6.07) is 8.50. The lowest BCUT2D eigenvalue weighted by Gasteiger charge is -2.12. The summed E-state index contributed by atoms with van der Waals surface area (Å²) in [4.78, 5) is 3.99. The zero-order valence-corrected chi connectivity index (χ0v) is 12.0. The minimum Gasteiger partial charge on any atom is -0.496 e. The Balaban J connectivity index is 2.12. The van der Waals surface area contributed by atoms with E-state index in [-0.39, 0.29) is 11.9 Å². The number of methoxy groups -OCH3 is 1. The first-order valence-electron chi connectivity index (χ1n) is 5.79. The van der Waals surface area contributed by atoms with E-state index >= 15 is 0 Å². The zero-order valence-electron chi connectivity index (χ0n) is 10.4. The van der Waals surface area contributed by atoms with E-state index in [0.717, 1.165) is 15.8 Å². The molecule has 0 aliphatic rings. The largest absolute Gasteiger partial charge is 0.496 e. The van der Waals surface area contributed by atoms with Crippen LogP contribution in [0.3, 0.4) is 0 Å². The number of aromatic nitrogens is 1. The van der Waals surface area contributed by atoms with Crippen LogP contribution in [0.2, 0.25) is 0 Å². The SMILES string of the molecule is COc1ccc(CC(N)c2ccc(F)cn2)cc1Br. The number of rotatable bonds is 4. The topological polar surface area (TPSA) is 48.1 Å². The molecule has 1 atom stereocenters. The Morgan fingerprint density at radius 1 is 1.37 bits per heavy atom. The zero-order chi connectivity index (χ0) is 13.8. The van der Waals surface area contributed by atoms with Crippen molar-refractivity contribution in [1.82, 2.24) is 4.98 Å². The predicted octanol–water partition coefficient (Wildman–Crippen LogP) is 3.23. The Morgan fingerprint density at radius 2 is 2.16 bits per heavy atom. The average molecular weight is 325 g/mol. The molecule has 100 valence electrons. The smallest absolute Gasteiger partial charge is 0.141 e. The third-order valence-corrected chi connectivity index (χ3v) is 3.42. The maximum absolute atomic E-state index is 12.8. The molecule has 0 amide bonds. The molecule has 1 unspecified atom stereocenters. The molecule has 5 heteroatoms. The van der Waals surface area contributed by atoms with Gasteiger partial charge < -0.3 is 10.5 Å². The van der Waals surface area contributed by atoms with Crippen LogP contribution < -0.4 is 10.5 Å². The van der Waals surface area contributed by atoms with Crippen molar-refractivity contribution in [3.8, 4) is 5.75 Å². The second-order valence-electron chi connectivity index (χ2n) is 4.18. The van der Waals surface area contributed by atoms with Gasteiger partial charge in [0, 0.05) is 0 Å². The highest BCUT2D eigenvalue weighted by molar-refractivity contribution is 9.10. The summed E-state index contributed by atoms with van der Waals surface area (Å²) in [5, 5.41) is 0. The van der Waals surface area contributed by atoms with Crippen LogP contribution in [0.15, 0.2) is 41.0 Å². The van der Waals surface area contributed by atoms with Gasteiger partial charge in [-0.15, -0.1) is 0 Å². The third-order valence-electron chi connectivity index (χ3n) is 2.80. The Labute approximate surface area is 119 Å². The minimum atomic E-state index is -0.358. The fourth-order valence-corrected chi connectivity index (χ4v) is 2.39. The highest BCUT2D eigenvalue weighted by Crippen LogP contribution is 2.27. The molecular weight excluding hydrogens is 311 g/mol. The van der Waals surface area contributed by atoms with E-state index in [4.69, 9.17) is 10.5 Å². The summed E-state index contributed by atoms with van der Waals surface area (Å²) in [6.07, 6.45) is 1.81. The van der Waals surface area contributed by atoms with Crippen LogP contribution in [0.5, 0.6) is 5.75 Å². The van der Waals surface area contributed by atoms with Gasteiger partial charge in [0.15, 0.2) is 0 Å². The van der Waals surface area contributed by atoms with Crippen LogP contribution in [0.4, 0.5) is 4.39 Å². The van der Waals surface area contributed by atoms with Crippen LogP contribution in [0.25, 0.3) is 0 Å². The van der Waals surface area contributed by atoms with Crippen molar-refractivity contribution in [2.75, 3.05) is 7.11 Å². The number of hydrogen-bond acceptors (Lipinski definition) is 3. The highest BCUT2D eigenvalue weighted by atomic mass is 79.9. The molecule has 1 aromatic heterocycles. The maximum Gasteiger partial charge on any atom is 0.141 e. The van der Waals surface area contributed by atoms with Crippen molar-refractivity contribution in [2.24, 2.45) is 5.73 Å². The van der Waals surface area contributed by atoms with E-state index in [1.807, 2.05) is 18.2 Å². The number of ether oxygens (including phenoxy) is 1. The Hall–Kier alpha value is -1.46. The summed E-state index contributed by atoms with van der Waals surface area (Å²) >= 11 is 3.43. The van der Waals surface area contributed by atoms with Crippen LogP contribution in [0.1, 0.15) is 17.3 Å². The predicted molar refractivity (Wildman–Crippen MR) is 75.5 cm³/mol. The molecule has 1 heterocycles. The summed E-state index contributed by atoms with van der Waals surface area (Å²) in [5.41, 5.74) is 7.80. The number of pyridine rings is 1. The molecule has 0 fully saturated rings. The van der Waals surface area contributed by atoms with Gasteiger partial charge in [-0.3, -0.25) is 4.98 Å². The molecular formula is C14H14BrFN2O. The Kier molecular flexibility index (Phi) is 4.50. The average Bonchev–Trinajstić information content (AvgIpc) is 2.39. The van der Waals surface area contributed by atoms with Crippen molar-refractivity contribution in [3.05, 3.63) is 58.1 Å². The maximum atomic E-state index is 12.8. The van der Waals surface area contributed by atoms with Gasteiger partial charge >= 0.3 is 0 Å². The molecule has 3 nitrogen and oxygen atoms in total. The molecule has 0 aliphatic heterocycles. The summed E-state index contributed by atoms with van der Waals surface area (Å²) in [5.74, 6) is 0.417. The van der Waals surface area contributed by atoms with Crippen molar-refractivity contribution < 1.29 is 9.13 Å². The molecule has 0 bridgehead atoms. The van der Waals surface area contributed by atoms with Crippen molar-refractivity contribution in [2.45, 2.75) is 12.5 Å². The van der Waals surface area contributed by atoms with Crippen molar-refractivity contribution in [3.63, 3.8) is 0 Å². The van der Waals surface area contributed by atoms with Crippen molar-refractivity contribution >= 4 is 15.9 Å². The fraction of sp³-hybridized carbons (Fsp3) is 0.214. The summed E-state index contributed by atoms with van der Waals surface area (Å²) < 4.78 is 18.8. The normalized spacial score (nSPS) is 12.2. The molecule has 0 spiro atoms. The lowest BCUT2D eigenvalue weighted by atomic mass is 10.0. The highest BCUT2D eigenvalue weighted by Gasteiger charge is 2.10. The van der Waals surface area contributed by atoms with Crippen LogP contribution in [0, 0.1) is 5.82 Å². The van der Waals surface area contributed by atoms with E-state index in [2.05, 4.69) is 20.9 Å². The van der Waals surface area contributed by atoms with Crippen molar-refractivity contribution in [1.29, 1.82) is 0 Å². The quantitative estimate of drug-likeness (QED) is 0.939. The van der Waals surface area contributed by atoms with Gasteiger partial charge in [0.1, 0.15) is 11.6 Å². The van der Waals surface area contributed by atoms with Crippen LogP contribution in [-0.4, -0.2) is 12.1 Å². The van der Waals surface area contributed by atoms with Crippen LogP contribution >= 0.6 is 15.9 Å². The second-order valence-corrected chi connectivity index (χ2v) is 5.04. The van der Waals surface area contributed by atoms with E-state index < -0.39 is 0 Å². The molecule has 0 aliphatic carbocycles. The molecule has 0 saturated carbocycles. The molecule has 2 N–H and O–H groups in total. The monoisotopic (exact) mass is 324 g/mol. The molecule has 2 aromatic rings. The van der Waals surface area contributed by atoms with Gasteiger partial charge in [0.2, 0.25) is 0 Å². The lowest BCUT2D eigenvalue weighted by Crippen LogP contribution is -2.15. The van der Waals surface area contributed by atoms with Gasteiger partial charge in [-0.25, -0.2) is 4.39 Å². The number of hydrogen-bond donors (Lipinski definition) is 1. The number of nitrogens with zero attached hydrogens (tertiary/aromatic N) is 1. The van der Waals surface area contributed by atoms with Gasteiger partial charge in [0.25, 0.3) is 0 Å². The Morgan fingerprint density at radius 3 is 2.74 bits per heavy atom. The number of nitrogens with two attached hydrogens (primary N) is 1. The molecule has 0 radical (unpaired) electrons. The molecule has 0 saturated heterocycles. The van der Waals surface area contributed by atoms with Gasteiger partial charge in [0.05, 0.1) is 29.5 Å². The molecule has 2 rings (SSSR count). The van der Waals surface area contributed by atoms with E-state index in [0.29, 0.717) is 12.1 Å². The Bertz CT molecular complexity index is 560. The standard InChI is InChI=1S/C14H14BrFN2O/c1-19-14-5-2-9(6-11(14)15)7-12(17)13-4-3-10(16)8-18-13/h2-6,8,12H,7,17H2,1H3. The van der Waals surface area contributed by atoms with Gasteiger partial charge in [-0.1, -0.05) is 6.07 Å². The number of halogens is 2. The van der Waals surface area contributed by atoms with E-state index in [9.17, 15) is 4.39 Å². The second kappa shape index (κ2) is 6.12. The van der Waals surface area contributed by atoms with Gasteiger partial charge in [-0.2, -0.15) is 0 Å². The molecule has 1 aromatic carbocycles. The third kappa shape index (κ3) is 3.52. The van der Waals surface area contributed by atoms with E-state index in [1.165, 1.54) is 12.3 Å². The van der Waals surface area contributed by atoms with E-state index in [1.54, 1.807) is 13.2 Å². The summed E-state index contributed by atoms with van der Waals surface area (Å²) in [6.45, 7) is 0. The summed E-state index contributed by atoms with van der Waals surface area (Å²) in [7, 11) is 1.62. The minimum absolute atomic E-state index is 0.263. The van der Waals surface area contributed by atoms with Crippen LogP contribution in [-0.2, 0) is 6.42 Å². The first kappa shape index (κ1) is 14.0. The number of benzene rings is 1. The first-order chi connectivity index (χ1) is 9.10. The molecule has 19 heavy (non-hydrogen) atoms. The van der Waals surface area contributed by atoms with Gasteiger partial charge in [-0.05, 0) is 52.2 Å². The lowest BCUT2D eigenvalue weighted by molar-refractivity contribution is 0.412.